The highest BCUT2D eigenvalue weighted by atomic mass is 19.1. The molecule has 1 aromatic rings. The number of rotatable bonds is 3. The third-order valence-electron chi connectivity index (χ3n) is 2.60. The van der Waals surface area contributed by atoms with Crippen molar-refractivity contribution in [2.24, 2.45) is 0 Å². The van der Waals surface area contributed by atoms with Crippen LogP contribution in [0.2, 0.25) is 0 Å². The van der Waals surface area contributed by atoms with Crippen LogP contribution in [0.3, 0.4) is 0 Å². The van der Waals surface area contributed by atoms with Gasteiger partial charge in [0.1, 0.15) is 11.9 Å². The number of carbonyl (C=O) groups excluding carboxylic acids is 1. The van der Waals surface area contributed by atoms with Gasteiger partial charge in [-0.3, -0.25) is 4.79 Å². The predicted octanol–water partition coefficient (Wildman–Crippen LogP) is 0.696. The highest BCUT2D eigenvalue weighted by Gasteiger charge is 2.35. The molecule has 1 atom stereocenters. The van der Waals surface area contributed by atoms with Gasteiger partial charge in [-0.25, -0.2) is 14.2 Å². The second-order valence-corrected chi connectivity index (χ2v) is 3.52. The molecule has 0 amide bonds. The number of halogens is 1. The summed E-state index contributed by atoms with van der Waals surface area (Å²) < 4.78 is 13.0. The second-order valence-electron chi connectivity index (χ2n) is 3.52. The molecule has 84 valence electrons. The number of aldehydes is 1. The van der Waals surface area contributed by atoms with E-state index in [1.54, 1.807) is 0 Å². The first-order valence-electron chi connectivity index (χ1n) is 4.73. The molecule has 1 aromatic heterocycles. The molecule has 0 bridgehead atoms. The molecule has 1 aliphatic heterocycles. The van der Waals surface area contributed by atoms with Gasteiger partial charge >= 0.3 is 5.97 Å². The zero-order chi connectivity index (χ0) is 11.7. The third-order valence-corrected chi connectivity index (χ3v) is 2.60. The van der Waals surface area contributed by atoms with E-state index in [0.717, 1.165) is 6.20 Å². The summed E-state index contributed by atoms with van der Waals surface area (Å²) in [6, 6.07) is 0.634. The van der Waals surface area contributed by atoms with Crippen LogP contribution in [0.15, 0.2) is 12.3 Å². The number of hydrogen-bond acceptors (Lipinski definition) is 4. The lowest BCUT2D eigenvalue weighted by Crippen LogP contribution is -2.53. The van der Waals surface area contributed by atoms with Crippen molar-refractivity contribution in [2.75, 3.05) is 11.4 Å². The monoisotopic (exact) mass is 224 g/mol. The lowest BCUT2D eigenvalue weighted by Gasteiger charge is -2.38. The molecule has 6 heteroatoms. The number of nitrogens with zero attached hydrogens (tertiary/aromatic N) is 2. The molecule has 5 nitrogen and oxygen atoms in total. The van der Waals surface area contributed by atoms with Crippen molar-refractivity contribution in [3.05, 3.63) is 23.6 Å². The molecule has 1 unspecified atom stereocenters. The fourth-order valence-corrected chi connectivity index (χ4v) is 1.61. The van der Waals surface area contributed by atoms with Crippen LogP contribution in [0.1, 0.15) is 16.8 Å². The maximum atomic E-state index is 13.0. The van der Waals surface area contributed by atoms with Crippen LogP contribution in [0, 0.1) is 5.82 Å². The highest BCUT2D eigenvalue weighted by molar-refractivity contribution is 5.81. The van der Waals surface area contributed by atoms with Crippen molar-refractivity contribution >= 4 is 18.1 Å². The van der Waals surface area contributed by atoms with E-state index in [0.29, 0.717) is 25.1 Å². The molecule has 2 heterocycles. The van der Waals surface area contributed by atoms with Crippen molar-refractivity contribution < 1.29 is 19.1 Å². The summed E-state index contributed by atoms with van der Waals surface area (Å²) in [5.74, 6) is -1.32. The Morgan fingerprint density at radius 1 is 1.69 bits per heavy atom. The average molecular weight is 224 g/mol. The number of aromatic nitrogens is 1. The molecule has 1 fully saturated rings. The number of anilines is 1. The van der Waals surface area contributed by atoms with Crippen molar-refractivity contribution in [1.29, 1.82) is 0 Å². The fourth-order valence-electron chi connectivity index (χ4n) is 1.61. The average Bonchev–Trinajstić information content (AvgIpc) is 2.18. The van der Waals surface area contributed by atoms with Crippen molar-refractivity contribution in [3.8, 4) is 0 Å². The SMILES string of the molecule is O=Cc1cc(N2CCC2C(=O)O)ncc1F. The van der Waals surface area contributed by atoms with Crippen LogP contribution >= 0.6 is 0 Å². The molecule has 0 radical (unpaired) electrons. The van der Waals surface area contributed by atoms with Gasteiger partial charge < -0.3 is 10.0 Å². The summed E-state index contributed by atoms with van der Waals surface area (Å²) in [7, 11) is 0. The van der Waals surface area contributed by atoms with E-state index in [2.05, 4.69) is 4.98 Å². The summed E-state index contributed by atoms with van der Waals surface area (Å²) in [5.41, 5.74) is -0.110. The fraction of sp³-hybridized carbons (Fsp3) is 0.300. The second kappa shape index (κ2) is 3.88. The van der Waals surface area contributed by atoms with Gasteiger partial charge in [-0.05, 0) is 12.5 Å². The summed E-state index contributed by atoms with van der Waals surface area (Å²) in [6.45, 7) is 0.550. The number of aliphatic carboxylic acids is 1. The minimum absolute atomic E-state index is 0.110. The Kier molecular flexibility index (Phi) is 2.55. The van der Waals surface area contributed by atoms with Gasteiger partial charge in [-0.2, -0.15) is 0 Å². The summed E-state index contributed by atoms with van der Waals surface area (Å²) in [6.07, 6.45) is 1.84. The largest absolute Gasteiger partial charge is 0.480 e. The minimum atomic E-state index is -0.940. The van der Waals surface area contributed by atoms with Gasteiger partial charge in [-0.15, -0.1) is 0 Å². The van der Waals surface area contributed by atoms with Crippen LogP contribution in [0.25, 0.3) is 0 Å². The van der Waals surface area contributed by atoms with E-state index in [9.17, 15) is 14.0 Å². The molecule has 0 spiro atoms. The van der Waals surface area contributed by atoms with E-state index >= 15 is 0 Å². The third kappa shape index (κ3) is 1.62. The highest BCUT2D eigenvalue weighted by Crippen LogP contribution is 2.25. The first-order chi connectivity index (χ1) is 7.63. The standard InChI is InChI=1S/C10H9FN2O3/c11-7-4-12-9(3-6(7)5-14)13-2-1-8(13)10(15)16/h3-5,8H,1-2H2,(H,15,16). The van der Waals surface area contributed by atoms with E-state index < -0.39 is 17.8 Å². The lowest BCUT2D eigenvalue weighted by atomic mass is 10.0. The van der Waals surface area contributed by atoms with Gasteiger partial charge in [0.2, 0.25) is 0 Å². The molecule has 1 N–H and O–H groups in total. The Hall–Kier alpha value is -1.98. The van der Waals surface area contributed by atoms with E-state index in [1.807, 2.05) is 0 Å². The first kappa shape index (κ1) is 10.5. The Balaban J connectivity index is 2.28. The van der Waals surface area contributed by atoms with E-state index in [1.165, 1.54) is 11.0 Å². The molecule has 1 saturated heterocycles. The molecule has 0 aliphatic carbocycles. The zero-order valence-corrected chi connectivity index (χ0v) is 8.26. The van der Waals surface area contributed by atoms with Gasteiger partial charge in [0.05, 0.1) is 11.8 Å². The van der Waals surface area contributed by atoms with Gasteiger partial charge in [-0.1, -0.05) is 0 Å². The number of carbonyl (C=O) groups is 2. The topological polar surface area (TPSA) is 70.5 Å². The Bertz CT molecular complexity index is 450. The Morgan fingerprint density at radius 3 is 2.94 bits per heavy atom. The van der Waals surface area contributed by atoms with Crippen LogP contribution in [-0.2, 0) is 4.79 Å². The number of carboxylic acids is 1. The smallest absolute Gasteiger partial charge is 0.326 e. The summed E-state index contributed by atoms with van der Waals surface area (Å²) in [5, 5.41) is 8.83. The normalized spacial score (nSPS) is 19.1. The van der Waals surface area contributed by atoms with Gasteiger partial charge in [0.25, 0.3) is 0 Å². The Labute approximate surface area is 90.5 Å². The number of carboxylic acid groups (broad SMARTS) is 1. The first-order valence-corrected chi connectivity index (χ1v) is 4.73. The van der Waals surface area contributed by atoms with Crippen LogP contribution in [0.4, 0.5) is 10.2 Å². The number of hydrogen-bond donors (Lipinski definition) is 1. The van der Waals surface area contributed by atoms with Crippen molar-refractivity contribution in [1.82, 2.24) is 4.98 Å². The van der Waals surface area contributed by atoms with Gasteiger partial charge in [0.15, 0.2) is 12.1 Å². The van der Waals surface area contributed by atoms with E-state index in [-0.39, 0.29) is 5.56 Å². The zero-order valence-electron chi connectivity index (χ0n) is 8.26. The lowest BCUT2D eigenvalue weighted by molar-refractivity contribution is -0.140. The number of pyridine rings is 1. The molecular formula is C10H9FN2O3. The molecular weight excluding hydrogens is 215 g/mol. The predicted molar refractivity (Wildman–Crippen MR) is 53.0 cm³/mol. The molecule has 0 saturated carbocycles. The molecule has 0 aromatic carbocycles. The maximum Gasteiger partial charge on any atom is 0.326 e. The van der Waals surface area contributed by atoms with Crippen molar-refractivity contribution in [3.63, 3.8) is 0 Å². The summed E-state index contributed by atoms with van der Waals surface area (Å²) in [4.78, 5) is 26.6. The van der Waals surface area contributed by atoms with E-state index in [4.69, 9.17) is 5.11 Å². The van der Waals surface area contributed by atoms with Crippen LogP contribution in [-0.4, -0.2) is 34.9 Å². The summed E-state index contributed by atoms with van der Waals surface area (Å²) >= 11 is 0. The quantitative estimate of drug-likeness (QED) is 0.765. The van der Waals surface area contributed by atoms with Gasteiger partial charge in [0, 0.05) is 6.54 Å². The molecule has 1 aliphatic rings. The maximum absolute atomic E-state index is 13.0. The van der Waals surface area contributed by atoms with Crippen LogP contribution in [0.5, 0.6) is 0 Å². The van der Waals surface area contributed by atoms with Crippen LogP contribution < -0.4 is 4.90 Å². The van der Waals surface area contributed by atoms with Crippen molar-refractivity contribution in [2.45, 2.75) is 12.5 Å². The molecule has 16 heavy (non-hydrogen) atoms. The molecule has 2 rings (SSSR count). The Morgan fingerprint density at radius 2 is 2.44 bits per heavy atom. The minimum Gasteiger partial charge on any atom is -0.480 e.